The van der Waals surface area contributed by atoms with Crippen molar-refractivity contribution in [1.82, 2.24) is 0 Å². The first-order chi connectivity index (χ1) is 7.87. The Morgan fingerprint density at radius 2 is 2.06 bits per heavy atom. The molecule has 0 bridgehead atoms. The molecular formula is C11H9F3INO. The number of rotatable bonds is 2. The summed E-state index contributed by atoms with van der Waals surface area (Å²) in [4.78, 5) is 12.8. The number of amides is 1. The topological polar surface area (TPSA) is 20.3 Å². The Bertz CT molecular complexity index is 459. The predicted octanol–water partition coefficient (Wildman–Crippen LogP) is 3.13. The lowest BCUT2D eigenvalue weighted by Crippen LogP contribution is -2.30. The summed E-state index contributed by atoms with van der Waals surface area (Å²) in [7, 11) is 0. The van der Waals surface area contributed by atoms with Crippen molar-refractivity contribution in [2.45, 2.75) is 19.0 Å². The standard InChI is InChI=1S/C11H9F3INO/c12-11(13,14)3-4-16-9-2-1-8(15)5-7(9)6-10(16)17/h1-2,5H,3-4,6H2. The minimum Gasteiger partial charge on any atom is -0.312 e. The van der Waals surface area contributed by atoms with Gasteiger partial charge in [0.15, 0.2) is 0 Å². The summed E-state index contributed by atoms with van der Waals surface area (Å²) in [5, 5.41) is 0. The smallest absolute Gasteiger partial charge is 0.312 e. The highest BCUT2D eigenvalue weighted by molar-refractivity contribution is 14.1. The molecule has 0 aromatic heterocycles. The van der Waals surface area contributed by atoms with Crippen molar-refractivity contribution in [2.24, 2.45) is 0 Å². The molecule has 1 amide bonds. The minimum atomic E-state index is -4.23. The summed E-state index contributed by atoms with van der Waals surface area (Å²) in [6.07, 6.45) is -5.00. The Morgan fingerprint density at radius 1 is 1.35 bits per heavy atom. The van der Waals surface area contributed by atoms with Gasteiger partial charge in [0, 0.05) is 15.8 Å². The van der Waals surface area contributed by atoms with E-state index in [0.29, 0.717) is 5.69 Å². The normalized spacial score (nSPS) is 15.3. The molecule has 0 fully saturated rings. The van der Waals surface area contributed by atoms with E-state index in [0.717, 1.165) is 9.13 Å². The molecule has 0 atom stereocenters. The number of benzene rings is 1. The lowest BCUT2D eigenvalue weighted by atomic mass is 10.2. The highest BCUT2D eigenvalue weighted by Gasteiger charge is 2.32. The Hall–Kier alpha value is -0.790. The molecule has 0 unspecified atom stereocenters. The third-order valence-electron chi connectivity index (χ3n) is 2.59. The first kappa shape index (κ1) is 12.7. The third kappa shape index (κ3) is 2.91. The van der Waals surface area contributed by atoms with Gasteiger partial charge in [-0.3, -0.25) is 4.79 Å². The van der Waals surface area contributed by atoms with Crippen LogP contribution in [0.25, 0.3) is 0 Å². The second-order valence-electron chi connectivity index (χ2n) is 3.86. The maximum atomic E-state index is 12.1. The molecule has 1 aliphatic heterocycles. The molecule has 0 radical (unpaired) electrons. The molecule has 92 valence electrons. The van der Waals surface area contributed by atoms with Crippen LogP contribution in [0.1, 0.15) is 12.0 Å². The van der Waals surface area contributed by atoms with Crippen molar-refractivity contribution in [1.29, 1.82) is 0 Å². The van der Waals surface area contributed by atoms with Gasteiger partial charge in [0.2, 0.25) is 5.91 Å². The molecule has 0 saturated carbocycles. The van der Waals surface area contributed by atoms with E-state index < -0.39 is 12.6 Å². The second-order valence-corrected chi connectivity index (χ2v) is 5.11. The summed E-state index contributed by atoms with van der Waals surface area (Å²) >= 11 is 2.11. The van der Waals surface area contributed by atoms with Crippen molar-refractivity contribution in [3.05, 3.63) is 27.3 Å². The van der Waals surface area contributed by atoms with Crippen LogP contribution < -0.4 is 4.90 Å². The van der Waals surface area contributed by atoms with Gasteiger partial charge in [-0.05, 0) is 46.4 Å². The Balaban J connectivity index is 2.18. The number of carbonyl (C=O) groups excluding carboxylic acids is 1. The van der Waals surface area contributed by atoms with E-state index in [-0.39, 0.29) is 18.9 Å². The van der Waals surface area contributed by atoms with Crippen LogP contribution in [0, 0.1) is 3.57 Å². The molecule has 6 heteroatoms. The molecule has 0 saturated heterocycles. The summed E-state index contributed by atoms with van der Waals surface area (Å²) in [6, 6.07) is 5.33. The number of hydrogen-bond acceptors (Lipinski definition) is 1. The number of anilines is 1. The second kappa shape index (κ2) is 4.47. The summed E-state index contributed by atoms with van der Waals surface area (Å²) in [6.45, 7) is -0.296. The van der Waals surface area contributed by atoms with Gasteiger partial charge < -0.3 is 4.90 Å². The molecule has 0 spiro atoms. The lowest BCUT2D eigenvalue weighted by Gasteiger charge is -2.18. The molecule has 1 aromatic rings. The van der Waals surface area contributed by atoms with Crippen LogP contribution >= 0.6 is 22.6 Å². The Labute approximate surface area is 110 Å². The zero-order chi connectivity index (χ0) is 12.6. The van der Waals surface area contributed by atoms with E-state index in [1.54, 1.807) is 12.1 Å². The number of halogens is 4. The first-order valence-electron chi connectivity index (χ1n) is 5.02. The molecular weight excluding hydrogens is 346 g/mol. The van der Waals surface area contributed by atoms with Crippen molar-refractivity contribution in [3.8, 4) is 0 Å². The molecule has 0 aliphatic carbocycles. The molecule has 1 aliphatic rings. The fraction of sp³-hybridized carbons (Fsp3) is 0.364. The lowest BCUT2D eigenvalue weighted by molar-refractivity contribution is -0.133. The van der Waals surface area contributed by atoms with Crippen molar-refractivity contribution in [2.75, 3.05) is 11.4 Å². The van der Waals surface area contributed by atoms with Crippen molar-refractivity contribution in [3.63, 3.8) is 0 Å². The average molecular weight is 355 g/mol. The van der Waals surface area contributed by atoms with Crippen LogP contribution in [0.2, 0.25) is 0 Å². The van der Waals surface area contributed by atoms with Crippen LogP contribution in [-0.2, 0) is 11.2 Å². The highest BCUT2D eigenvalue weighted by Crippen LogP contribution is 2.31. The molecule has 1 aromatic carbocycles. The van der Waals surface area contributed by atoms with Gasteiger partial charge >= 0.3 is 6.18 Å². The van der Waals surface area contributed by atoms with Gasteiger partial charge in [-0.1, -0.05) is 0 Å². The van der Waals surface area contributed by atoms with Gasteiger partial charge in [-0.25, -0.2) is 0 Å². The quantitative estimate of drug-likeness (QED) is 0.747. The number of alkyl halides is 3. The van der Waals surface area contributed by atoms with Crippen LogP contribution in [-0.4, -0.2) is 18.6 Å². The first-order valence-corrected chi connectivity index (χ1v) is 6.10. The number of hydrogen-bond donors (Lipinski definition) is 0. The number of carbonyl (C=O) groups is 1. The van der Waals surface area contributed by atoms with Crippen LogP contribution in [0.4, 0.5) is 18.9 Å². The van der Waals surface area contributed by atoms with E-state index >= 15 is 0 Å². The van der Waals surface area contributed by atoms with Crippen LogP contribution in [0.3, 0.4) is 0 Å². The van der Waals surface area contributed by atoms with Crippen molar-refractivity contribution < 1.29 is 18.0 Å². The van der Waals surface area contributed by atoms with Crippen LogP contribution in [0.15, 0.2) is 18.2 Å². The van der Waals surface area contributed by atoms with Crippen molar-refractivity contribution >= 4 is 34.2 Å². The molecule has 17 heavy (non-hydrogen) atoms. The Morgan fingerprint density at radius 3 is 2.71 bits per heavy atom. The van der Waals surface area contributed by atoms with Gasteiger partial charge in [0.1, 0.15) is 0 Å². The molecule has 2 rings (SSSR count). The van der Waals surface area contributed by atoms with E-state index in [9.17, 15) is 18.0 Å². The molecule has 2 nitrogen and oxygen atoms in total. The van der Waals surface area contributed by atoms with Crippen LogP contribution in [0.5, 0.6) is 0 Å². The summed E-state index contributed by atoms with van der Waals surface area (Å²) in [5.41, 5.74) is 1.42. The summed E-state index contributed by atoms with van der Waals surface area (Å²) < 4.78 is 37.4. The van der Waals surface area contributed by atoms with E-state index in [1.165, 1.54) is 4.90 Å². The van der Waals surface area contributed by atoms with E-state index in [4.69, 9.17) is 0 Å². The average Bonchev–Trinajstić information content (AvgIpc) is 2.48. The third-order valence-corrected chi connectivity index (χ3v) is 3.26. The van der Waals surface area contributed by atoms with E-state index in [2.05, 4.69) is 22.6 Å². The fourth-order valence-electron chi connectivity index (χ4n) is 1.84. The van der Waals surface area contributed by atoms with Gasteiger partial charge in [-0.15, -0.1) is 0 Å². The van der Waals surface area contributed by atoms with Gasteiger partial charge in [0.25, 0.3) is 0 Å². The zero-order valence-electron chi connectivity index (χ0n) is 8.72. The molecule has 1 heterocycles. The number of nitrogens with zero attached hydrogens (tertiary/aromatic N) is 1. The van der Waals surface area contributed by atoms with Gasteiger partial charge in [-0.2, -0.15) is 13.2 Å². The monoisotopic (exact) mass is 355 g/mol. The maximum absolute atomic E-state index is 12.1. The fourth-order valence-corrected chi connectivity index (χ4v) is 2.39. The highest BCUT2D eigenvalue weighted by atomic mass is 127. The van der Waals surface area contributed by atoms with E-state index in [1.807, 2.05) is 6.07 Å². The molecule has 0 N–H and O–H groups in total. The largest absolute Gasteiger partial charge is 0.390 e. The van der Waals surface area contributed by atoms with Gasteiger partial charge in [0.05, 0.1) is 12.8 Å². The Kier molecular flexibility index (Phi) is 3.33. The number of fused-ring (bicyclic) bond motifs is 1. The maximum Gasteiger partial charge on any atom is 0.390 e. The predicted molar refractivity (Wildman–Crippen MR) is 65.9 cm³/mol. The SMILES string of the molecule is O=C1Cc2cc(I)ccc2N1CCC(F)(F)F. The zero-order valence-corrected chi connectivity index (χ0v) is 10.9. The summed E-state index contributed by atoms with van der Waals surface area (Å²) in [5.74, 6) is -0.258. The minimum absolute atomic E-state index is 0.198.